The first-order valence-electron chi connectivity index (χ1n) is 4.87. The third-order valence-corrected chi connectivity index (χ3v) is 2.19. The van der Waals surface area contributed by atoms with Gasteiger partial charge in [-0.1, -0.05) is 60.7 Å². The van der Waals surface area contributed by atoms with E-state index in [2.05, 4.69) is 0 Å². The number of phenols is 1. The topological polar surface area (TPSA) is 20.2 Å². The van der Waals surface area contributed by atoms with Crippen LogP contribution in [0, 0.1) is 0 Å². The summed E-state index contributed by atoms with van der Waals surface area (Å²) in [6.07, 6.45) is 3.89. The maximum absolute atomic E-state index is 9.54. The van der Waals surface area contributed by atoms with Gasteiger partial charge in [0.25, 0.3) is 0 Å². The predicted molar refractivity (Wildman–Crippen MR) is 70.6 cm³/mol. The molecule has 0 aliphatic heterocycles. The average Bonchev–Trinajstić information content (AvgIpc) is 2.29. The van der Waals surface area contributed by atoms with Gasteiger partial charge in [-0.25, -0.2) is 0 Å². The molecule has 0 saturated heterocycles. The molecule has 0 fully saturated rings. The Labute approximate surface area is 118 Å². The van der Waals surface area contributed by atoms with Gasteiger partial charge < -0.3 is 5.11 Å². The summed E-state index contributed by atoms with van der Waals surface area (Å²) in [4.78, 5) is 0. The molecule has 76 valence electrons. The zero-order valence-electron chi connectivity index (χ0n) is 8.30. The average molecular weight is 220 g/mol. The minimum atomic E-state index is 0. The van der Waals surface area contributed by atoms with E-state index in [1.54, 1.807) is 6.07 Å². The second kappa shape index (κ2) is 6.54. The van der Waals surface area contributed by atoms with Gasteiger partial charge in [0.2, 0.25) is 0 Å². The summed E-state index contributed by atoms with van der Waals surface area (Å²) in [5.74, 6) is 0.310. The third-order valence-electron chi connectivity index (χ3n) is 2.19. The van der Waals surface area contributed by atoms with Crippen molar-refractivity contribution >= 4 is 41.7 Å². The van der Waals surface area contributed by atoms with Crippen LogP contribution in [-0.4, -0.2) is 34.7 Å². The Kier molecular flexibility index (Phi) is 5.33. The maximum atomic E-state index is 9.54. The Morgan fingerprint density at radius 2 is 1.38 bits per heavy atom. The molecule has 1 N–H and O–H groups in total. The first kappa shape index (κ1) is 13.0. The van der Waals surface area contributed by atoms with Crippen LogP contribution in [0.3, 0.4) is 0 Å². The van der Waals surface area contributed by atoms with Crippen molar-refractivity contribution < 1.29 is 5.11 Å². The third kappa shape index (κ3) is 3.53. The summed E-state index contributed by atoms with van der Waals surface area (Å²) in [5.41, 5.74) is 1.96. The predicted octanol–water partition coefficient (Wildman–Crippen LogP) is 2.91. The molecule has 0 atom stereocenters. The van der Waals surface area contributed by atoms with E-state index in [1.165, 1.54) is 0 Å². The van der Waals surface area contributed by atoms with Gasteiger partial charge in [-0.2, -0.15) is 0 Å². The fraction of sp³-hybridized carbons (Fsp3) is 0. The van der Waals surface area contributed by atoms with Gasteiger partial charge in [-0.3, -0.25) is 0 Å². The number of rotatable bonds is 2. The van der Waals surface area contributed by atoms with Crippen LogP contribution in [0.15, 0.2) is 54.6 Å². The molecule has 2 rings (SSSR count). The molecule has 2 aromatic carbocycles. The van der Waals surface area contributed by atoms with Crippen molar-refractivity contribution in [2.75, 3.05) is 0 Å². The van der Waals surface area contributed by atoms with Crippen molar-refractivity contribution in [1.82, 2.24) is 0 Å². The van der Waals surface area contributed by atoms with Gasteiger partial charge in [0.1, 0.15) is 5.75 Å². The molecule has 0 aliphatic rings. The fourth-order valence-corrected chi connectivity index (χ4v) is 1.38. The van der Waals surface area contributed by atoms with E-state index in [1.807, 2.05) is 60.7 Å². The SMILES string of the molecule is Oc1ccccc1/C=C/c1ccccc1.[NaH]. The summed E-state index contributed by atoms with van der Waals surface area (Å²) in [6, 6.07) is 17.3. The number of hydrogen-bond acceptors (Lipinski definition) is 1. The van der Waals surface area contributed by atoms with Crippen LogP contribution in [-0.2, 0) is 0 Å². The van der Waals surface area contributed by atoms with Crippen LogP contribution in [0.25, 0.3) is 12.2 Å². The molecule has 0 radical (unpaired) electrons. The Hall–Kier alpha value is -1.02. The van der Waals surface area contributed by atoms with Crippen LogP contribution in [0.4, 0.5) is 0 Å². The Morgan fingerprint density at radius 1 is 0.750 bits per heavy atom. The monoisotopic (exact) mass is 220 g/mol. The van der Waals surface area contributed by atoms with E-state index in [4.69, 9.17) is 0 Å². The van der Waals surface area contributed by atoms with Crippen molar-refractivity contribution in [2.24, 2.45) is 0 Å². The first-order valence-corrected chi connectivity index (χ1v) is 4.87. The summed E-state index contributed by atoms with van der Waals surface area (Å²) in [6.45, 7) is 0. The summed E-state index contributed by atoms with van der Waals surface area (Å²) >= 11 is 0. The van der Waals surface area contributed by atoms with Crippen molar-refractivity contribution in [1.29, 1.82) is 0 Å². The quantitative estimate of drug-likeness (QED) is 0.609. The molecule has 0 saturated carbocycles. The molecular weight excluding hydrogens is 207 g/mol. The van der Waals surface area contributed by atoms with Crippen LogP contribution < -0.4 is 0 Å². The normalized spacial score (nSPS) is 10.0. The second-order valence-corrected chi connectivity index (χ2v) is 3.30. The molecule has 2 aromatic rings. The Morgan fingerprint density at radius 3 is 2.06 bits per heavy atom. The molecule has 0 spiro atoms. The number of hydrogen-bond donors (Lipinski definition) is 1. The molecule has 0 amide bonds. The molecule has 0 heterocycles. The van der Waals surface area contributed by atoms with Crippen molar-refractivity contribution in [2.45, 2.75) is 0 Å². The van der Waals surface area contributed by atoms with Gasteiger partial charge in [0.05, 0.1) is 0 Å². The molecule has 0 aliphatic carbocycles. The van der Waals surface area contributed by atoms with Gasteiger partial charge in [-0.05, 0) is 11.6 Å². The van der Waals surface area contributed by atoms with E-state index in [0.29, 0.717) is 5.75 Å². The standard InChI is InChI=1S/C14H12O.Na.H/c15-14-9-5-4-8-13(14)11-10-12-6-2-1-3-7-12;;/h1-11,15H;;/b11-10+;;. The van der Waals surface area contributed by atoms with Gasteiger partial charge in [0.15, 0.2) is 0 Å². The van der Waals surface area contributed by atoms with Crippen LogP contribution in [0.2, 0.25) is 0 Å². The molecule has 2 heteroatoms. The zero-order valence-corrected chi connectivity index (χ0v) is 8.30. The van der Waals surface area contributed by atoms with E-state index >= 15 is 0 Å². The molecular formula is C14H13NaO. The summed E-state index contributed by atoms with van der Waals surface area (Å²) < 4.78 is 0. The molecule has 1 nitrogen and oxygen atoms in total. The Balaban J connectivity index is 0.00000128. The molecule has 16 heavy (non-hydrogen) atoms. The van der Waals surface area contributed by atoms with Crippen molar-refractivity contribution in [3.05, 3.63) is 65.7 Å². The second-order valence-electron chi connectivity index (χ2n) is 3.30. The molecule has 0 aromatic heterocycles. The number of para-hydroxylation sites is 1. The van der Waals surface area contributed by atoms with E-state index < -0.39 is 0 Å². The van der Waals surface area contributed by atoms with Crippen molar-refractivity contribution in [3.63, 3.8) is 0 Å². The van der Waals surface area contributed by atoms with E-state index in [0.717, 1.165) is 11.1 Å². The molecule has 0 unspecified atom stereocenters. The van der Waals surface area contributed by atoms with Gasteiger partial charge in [-0.15, -0.1) is 0 Å². The van der Waals surface area contributed by atoms with Gasteiger partial charge >= 0.3 is 29.6 Å². The number of phenolic OH excluding ortho intramolecular Hbond substituents is 1. The Bertz CT molecular complexity index is 463. The van der Waals surface area contributed by atoms with Gasteiger partial charge in [0, 0.05) is 5.56 Å². The van der Waals surface area contributed by atoms with Crippen LogP contribution >= 0.6 is 0 Å². The molecule has 0 bridgehead atoms. The summed E-state index contributed by atoms with van der Waals surface area (Å²) in [7, 11) is 0. The van der Waals surface area contributed by atoms with Crippen LogP contribution in [0.1, 0.15) is 11.1 Å². The first-order chi connectivity index (χ1) is 7.36. The van der Waals surface area contributed by atoms with Crippen molar-refractivity contribution in [3.8, 4) is 5.75 Å². The zero-order chi connectivity index (χ0) is 10.5. The van der Waals surface area contributed by atoms with E-state index in [9.17, 15) is 5.11 Å². The fourth-order valence-electron chi connectivity index (χ4n) is 1.38. The van der Waals surface area contributed by atoms with E-state index in [-0.39, 0.29) is 29.6 Å². The number of benzene rings is 2. The minimum absolute atomic E-state index is 0. The number of aromatic hydroxyl groups is 1. The van der Waals surface area contributed by atoms with Crippen LogP contribution in [0.5, 0.6) is 5.75 Å². The summed E-state index contributed by atoms with van der Waals surface area (Å²) in [5, 5.41) is 9.54.